The molecule has 2 rings (SSSR count). The maximum Gasteiger partial charge on any atom is 0.225 e. The predicted octanol–water partition coefficient (Wildman–Crippen LogP) is 0.776. The van der Waals surface area contributed by atoms with Crippen LogP contribution in [0.25, 0.3) is 0 Å². The molecule has 0 unspecified atom stereocenters. The lowest BCUT2D eigenvalue weighted by Gasteiger charge is -2.14. The molecule has 0 amide bonds. The first-order valence-corrected chi connectivity index (χ1v) is 5.03. The average molecular weight is 243 g/mol. The highest BCUT2D eigenvalue weighted by molar-refractivity contribution is 9.10. The van der Waals surface area contributed by atoms with Crippen molar-refractivity contribution in [3.63, 3.8) is 0 Å². The fourth-order valence-corrected chi connectivity index (χ4v) is 1.64. The van der Waals surface area contributed by atoms with Crippen LogP contribution in [0, 0.1) is 0 Å². The van der Waals surface area contributed by atoms with Crippen LogP contribution in [0.15, 0.2) is 16.9 Å². The van der Waals surface area contributed by atoms with Crippen molar-refractivity contribution >= 4 is 21.9 Å². The van der Waals surface area contributed by atoms with E-state index in [0.717, 1.165) is 29.9 Å². The van der Waals surface area contributed by atoms with Crippen LogP contribution in [0.3, 0.4) is 0 Å². The van der Waals surface area contributed by atoms with E-state index in [1.807, 2.05) is 0 Å². The molecule has 2 N–H and O–H groups in total. The van der Waals surface area contributed by atoms with Gasteiger partial charge < -0.3 is 10.6 Å². The van der Waals surface area contributed by atoms with Gasteiger partial charge in [0.25, 0.3) is 0 Å². The molecule has 2 heterocycles. The lowest BCUT2D eigenvalue weighted by atomic mass is 10.3. The first-order valence-electron chi connectivity index (χ1n) is 4.24. The topological polar surface area (TPSA) is 55.0 Å². The van der Waals surface area contributed by atoms with Gasteiger partial charge in [-0.3, -0.25) is 0 Å². The summed E-state index contributed by atoms with van der Waals surface area (Å²) in [5.41, 5.74) is 5.79. The molecule has 1 fully saturated rings. The van der Waals surface area contributed by atoms with Gasteiger partial charge in [-0.15, -0.1) is 0 Å². The Bertz CT molecular complexity index is 287. The van der Waals surface area contributed by atoms with Crippen LogP contribution in [-0.4, -0.2) is 29.1 Å². The molecule has 0 radical (unpaired) electrons. The predicted molar refractivity (Wildman–Crippen MR) is 54.5 cm³/mol. The van der Waals surface area contributed by atoms with E-state index in [0.29, 0.717) is 0 Å². The summed E-state index contributed by atoms with van der Waals surface area (Å²) < 4.78 is 0.903. The van der Waals surface area contributed by atoms with Crippen LogP contribution in [-0.2, 0) is 0 Å². The molecule has 0 aliphatic carbocycles. The Morgan fingerprint density at radius 1 is 1.46 bits per heavy atom. The number of nitrogens with zero attached hydrogens (tertiary/aromatic N) is 3. The third kappa shape index (κ3) is 1.97. The van der Waals surface area contributed by atoms with E-state index in [1.54, 1.807) is 12.4 Å². The monoisotopic (exact) mass is 242 g/mol. The van der Waals surface area contributed by atoms with Gasteiger partial charge in [-0.1, -0.05) is 0 Å². The second-order valence-corrected chi connectivity index (χ2v) is 4.11. The van der Waals surface area contributed by atoms with Crippen molar-refractivity contribution in [3.05, 3.63) is 16.9 Å². The van der Waals surface area contributed by atoms with Crippen molar-refractivity contribution in [2.75, 3.05) is 18.0 Å². The smallest absolute Gasteiger partial charge is 0.225 e. The molecule has 1 aromatic rings. The van der Waals surface area contributed by atoms with Gasteiger partial charge in [-0.05, 0) is 22.4 Å². The quantitative estimate of drug-likeness (QED) is 0.791. The van der Waals surface area contributed by atoms with Gasteiger partial charge in [0.15, 0.2) is 0 Å². The first-order chi connectivity index (χ1) is 6.25. The zero-order chi connectivity index (χ0) is 9.26. The van der Waals surface area contributed by atoms with Gasteiger partial charge in [-0.2, -0.15) is 0 Å². The molecule has 13 heavy (non-hydrogen) atoms. The van der Waals surface area contributed by atoms with Crippen LogP contribution in [0.2, 0.25) is 0 Å². The number of anilines is 1. The Balaban J connectivity index is 2.13. The lowest BCUT2D eigenvalue weighted by molar-refractivity contribution is 0.750. The van der Waals surface area contributed by atoms with Gasteiger partial charge in [0, 0.05) is 31.5 Å². The molecular weight excluding hydrogens is 232 g/mol. The summed E-state index contributed by atoms with van der Waals surface area (Å²) >= 11 is 3.30. The number of nitrogens with two attached hydrogens (primary N) is 1. The van der Waals surface area contributed by atoms with Crippen LogP contribution in [0.5, 0.6) is 0 Å². The van der Waals surface area contributed by atoms with Gasteiger partial charge in [-0.25, -0.2) is 9.97 Å². The number of hydrogen-bond acceptors (Lipinski definition) is 4. The summed E-state index contributed by atoms with van der Waals surface area (Å²) in [5.74, 6) is 0.774. The van der Waals surface area contributed by atoms with Gasteiger partial charge in [0.05, 0.1) is 4.47 Å². The maximum absolute atomic E-state index is 5.79. The second kappa shape index (κ2) is 3.59. The van der Waals surface area contributed by atoms with Crippen LogP contribution < -0.4 is 10.6 Å². The van der Waals surface area contributed by atoms with Crippen molar-refractivity contribution in [2.45, 2.75) is 12.5 Å². The van der Waals surface area contributed by atoms with Crippen LogP contribution >= 0.6 is 15.9 Å². The van der Waals surface area contributed by atoms with Gasteiger partial charge in [0.1, 0.15) is 0 Å². The number of halogens is 1. The van der Waals surface area contributed by atoms with Crippen LogP contribution in [0.1, 0.15) is 6.42 Å². The zero-order valence-electron chi connectivity index (χ0n) is 7.15. The molecule has 1 saturated heterocycles. The van der Waals surface area contributed by atoms with Crippen LogP contribution in [0.4, 0.5) is 5.95 Å². The average Bonchev–Trinajstić information content (AvgIpc) is 2.53. The molecule has 4 nitrogen and oxygen atoms in total. The normalized spacial score (nSPS) is 22.3. The fourth-order valence-electron chi connectivity index (χ4n) is 1.44. The largest absolute Gasteiger partial charge is 0.339 e. The van der Waals surface area contributed by atoms with E-state index in [9.17, 15) is 0 Å². The molecule has 0 aromatic carbocycles. The Morgan fingerprint density at radius 2 is 2.15 bits per heavy atom. The standard InChI is InChI=1S/C8H11BrN4/c9-6-3-11-8(12-4-6)13-2-1-7(10)5-13/h3-4,7H,1-2,5,10H2/t7-/m0/s1. The molecule has 0 saturated carbocycles. The van der Waals surface area contributed by atoms with Gasteiger partial charge in [0.2, 0.25) is 5.95 Å². The van der Waals surface area contributed by atoms with E-state index >= 15 is 0 Å². The molecule has 1 aliphatic heterocycles. The van der Waals surface area contributed by atoms with Crippen molar-refractivity contribution in [1.82, 2.24) is 9.97 Å². The highest BCUT2D eigenvalue weighted by atomic mass is 79.9. The maximum atomic E-state index is 5.79. The minimum absolute atomic E-state index is 0.271. The third-order valence-electron chi connectivity index (χ3n) is 2.11. The summed E-state index contributed by atoms with van der Waals surface area (Å²) in [6.07, 6.45) is 4.54. The Hall–Kier alpha value is -0.680. The SMILES string of the molecule is N[C@H]1CCN(c2ncc(Br)cn2)C1. The molecule has 1 aromatic heterocycles. The van der Waals surface area contributed by atoms with E-state index in [4.69, 9.17) is 5.73 Å². The zero-order valence-corrected chi connectivity index (χ0v) is 8.74. The highest BCUT2D eigenvalue weighted by Crippen LogP contribution is 2.15. The molecule has 1 aliphatic rings. The van der Waals surface area contributed by atoms with E-state index in [1.165, 1.54) is 0 Å². The van der Waals surface area contributed by atoms with Crippen molar-refractivity contribution in [1.29, 1.82) is 0 Å². The summed E-state index contributed by atoms with van der Waals surface area (Å²) in [6, 6.07) is 0.271. The second-order valence-electron chi connectivity index (χ2n) is 3.20. The fraction of sp³-hybridized carbons (Fsp3) is 0.500. The van der Waals surface area contributed by atoms with Crippen molar-refractivity contribution < 1.29 is 0 Å². The van der Waals surface area contributed by atoms with E-state index in [-0.39, 0.29) is 6.04 Å². The molecule has 5 heteroatoms. The summed E-state index contributed by atoms with van der Waals surface area (Å²) in [5, 5.41) is 0. The minimum atomic E-state index is 0.271. The summed E-state index contributed by atoms with van der Waals surface area (Å²) in [4.78, 5) is 10.5. The Kier molecular flexibility index (Phi) is 2.46. The molecular formula is C8H11BrN4. The lowest BCUT2D eigenvalue weighted by Crippen LogP contribution is -2.27. The molecule has 0 bridgehead atoms. The molecule has 1 atom stereocenters. The Labute approximate surface area is 85.3 Å². The molecule has 0 spiro atoms. The van der Waals surface area contributed by atoms with Crippen molar-refractivity contribution in [3.8, 4) is 0 Å². The number of hydrogen-bond donors (Lipinski definition) is 1. The minimum Gasteiger partial charge on any atom is -0.339 e. The van der Waals surface area contributed by atoms with E-state index < -0.39 is 0 Å². The van der Waals surface area contributed by atoms with Crippen molar-refractivity contribution in [2.24, 2.45) is 5.73 Å². The van der Waals surface area contributed by atoms with E-state index in [2.05, 4.69) is 30.8 Å². The first kappa shape index (κ1) is 8.90. The highest BCUT2D eigenvalue weighted by Gasteiger charge is 2.20. The number of rotatable bonds is 1. The van der Waals surface area contributed by atoms with Gasteiger partial charge >= 0.3 is 0 Å². The third-order valence-corrected chi connectivity index (χ3v) is 2.52. The summed E-state index contributed by atoms with van der Waals surface area (Å²) in [6.45, 7) is 1.82. The number of aromatic nitrogens is 2. The summed E-state index contributed by atoms with van der Waals surface area (Å²) in [7, 11) is 0. The molecule has 70 valence electrons. The Morgan fingerprint density at radius 3 is 2.69 bits per heavy atom.